The number of nitrogens with zero attached hydrogens (tertiary/aromatic N) is 2. The van der Waals surface area contributed by atoms with E-state index in [0.29, 0.717) is 30.1 Å². The predicted octanol–water partition coefficient (Wildman–Crippen LogP) is 2.85. The number of hydrogen-bond donors (Lipinski definition) is 0. The molecule has 0 spiro atoms. The van der Waals surface area contributed by atoms with E-state index in [-0.39, 0.29) is 24.2 Å². The Morgan fingerprint density at radius 3 is 2.73 bits per heavy atom. The van der Waals surface area contributed by atoms with E-state index in [1.54, 1.807) is 31.4 Å². The Morgan fingerprint density at radius 2 is 1.96 bits per heavy atom. The van der Waals surface area contributed by atoms with Crippen molar-refractivity contribution in [2.75, 3.05) is 20.2 Å². The Labute approximate surface area is 152 Å². The van der Waals surface area contributed by atoms with Crippen molar-refractivity contribution in [3.63, 3.8) is 0 Å². The topological polar surface area (TPSA) is 59.0 Å². The number of ether oxygens (including phenoxy) is 1. The van der Waals surface area contributed by atoms with Crippen LogP contribution in [-0.2, 0) is 11.2 Å². The van der Waals surface area contributed by atoms with Crippen LogP contribution >= 0.6 is 0 Å². The number of fused-ring (bicyclic) bond motifs is 3. The first-order chi connectivity index (χ1) is 12.7. The van der Waals surface area contributed by atoms with Gasteiger partial charge in [-0.3, -0.25) is 14.6 Å². The average Bonchev–Trinajstić information content (AvgIpc) is 2.69. The Kier molecular flexibility index (Phi) is 4.29. The Bertz CT molecular complexity index is 886. The van der Waals surface area contributed by atoms with Crippen molar-refractivity contribution >= 4 is 17.4 Å². The molecular weight excluding hydrogens is 328 g/mol. The Morgan fingerprint density at radius 1 is 1.19 bits per heavy atom. The summed E-state index contributed by atoms with van der Waals surface area (Å²) in [6.07, 6.45) is 0.883. The molecule has 2 aliphatic heterocycles. The zero-order valence-electron chi connectivity index (χ0n) is 14.6. The minimum atomic E-state index is -0.113. The van der Waals surface area contributed by atoms with Crippen LogP contribution in [0, 0.1) is 0 Å². The second-order valence-electron chi connectivity index (χ2n) is 6.58. The summed E-state index contributed by atoms with van der Waals surface area (Å²) in [5, 5.41) is 0. The van der Waals surface area contributed by atoms with Gasteiger partial charge in [-0.15, -0.1) is 0 Å². The van der Waals surface area contributed by atoms with E-state index in [1.807, 2.05) is 17.0 Å². The van der Waals surface area contributed by atoms with Gasteiger partial charge in [-0.2, -0.15) is 0 Å². The lowest BCUT2D eigenvalue weighted by molar-refractivity contribution is -0.127. The van der Waals surface area contributed by atoms with Crippen LogP contribution in [0.4, 0.5) is 0 Å². The maximum absolute atomic E-state index is 12.9. The first-order valence-corrected chi connectivity index (χ1v) is 8.76. The minimum absolute atomic E-state index is 0.00714. The molecule has 0 fully saturated rings. The number of carbonyl (C=O) groups is 2. The number of carbonyl (C=O) groups excluding carboxylic acids is 2. The predicted molar refractivity (Wildman–Crippen MR) is 98.8 cm³/mol. The molecule has 1 atom stereocenters. The highest BCUT2D eigenvalue weighted by atomic mass is 16.5. The van der Waals surface area contributed by atoms with Crippen LogP contribution in [-0.4, -0.2) is 42.5 Å². The molecule has 0 aliphatic carbocycles. The molecule has 0 aromatic heterocycles. The van der Waals surface area contributed by atoms with Gasteiger partial charge in [0.1, 0.15) is 11.5 Å². The number of aliphatic imine (C=N–C) groups is 1. The molecule has 0 N–H and O–H groups in total. The summed E-state index contributed by atoms with van der Waals surface area (Å²) in [6.45, 7) is 1.20. The van der Waals surface area contributed by atoms with E-state index < -0.39 is 0 Å². The van der Waals surface area contributed by atoms with Crippen LogP contribution in [0.1, 0.15) is 33.9 Å². The van der Waals surface area contributed by atoms with Gasteiger partial charge in [-0.05, 0) is 41.8 Å². The van der Waals surface area contributed by atoms with Crippen molar-refractivity contribution in [1.82, 2.24) is 4.90 Å². The molecule has 2 heterocycles. The van der Waals surface area contributed by atoms with Crippen molar-refractivity contribution < 1.29 is 14.3 Å². The van der Waals surface area contributed by atoms with Crippen LogP contribution in [0.3, 0.4) is 0 Å². The van der Waals surface area contributed by atoms with E-state index in [0.717, 1.165) is 6.42 Å². The van der Waals surface area contributed by atoms with Crippen LogP contribution in [0.2, 0.25) is 0 Å². The monoisotopic (exact) mass is 348 g/mol. The Hall–Kier alpha value is -2.95. The average molecular weight is 348 g/mol. The lowest BCUT2D eigenvalue weighted by Gasteiger charge is -2.39. The summed E-state index contributed by atoms with van der Waals surface area (Å²) in [5.74, 6) is 0.482. The number of hydrogen-bond acceptors (Lipinski definition) is 4. The number of amides is 1. The van der Waals surface area contributed by atoms with E-state index in [2.05, 4.69) is 17.1 Å². The molecule has 0 saturated carbocycles. The van der Waals surface area contributed by atoms with Gasteiger partial charge < -0.3 is 9.64 Å². The maximum atomic E-state index is 12.9. The first-order valence-electron chi connectivity index (χ1n) is 8.76. The number of methoxy groups -OCH3 is 1. The third-order valence-electron chi connectivity index (χ3n) is 5.12. The summed E-state index contributed by atoms with van der Waals surface area (Å²) in [4.78, 5) is 31.7. The summed E-state index contributed by atoms with van der Waals surface area (Å²) in [7, 11) is 1.58. The lowest BCUT2D eigenvalue weighted by Crippen LogP contribution is -2.48. The molecule has 132 valence electrons. The van der Waals surface area contributed by atoms with E-state index >= 15 is 0 Å². The fraction of sp³-hybridized carbons (Fsp3) is 0.286. The van der Waals surface area contributed by atoms with Gasteiger partial charge in [0.15, 0.2) is 5.78 Å². The molecule has 2 aromatic rings. The highest BCUT2D eigenvalue weighted by molar-refractivity contribution is 6.43. The molecular formula is C21H20N2O3. The van der Waals surface area contributed by atoms with Crippen molar-refractivity contribution in [2.24, 2.45) is 4.99 Å². The van der Waals surface area contributed by atoms with E-state index in [1.165, 1.54) is 11.1 Å². The zero-order valence-corrected chi connectivity index (χ0v) is 14.6. The summed E-state index contributed by atoms with van der Waals surface area (Å²) < 4.78 is 5.11. The minimum Gasteiger partial charge on any atom is -0.497 e. The van der Waals surface area contributed by atoms with Gasteiger partial charge in [-0.1, -0.05) is 24.3 Å². The fourth-order valence-electron chi connectivity index (χ4n) is 3.68. The Balaban J connectivity index is 1.53. The van der Waals surface area contributed by atoms with Gasteiger partial charge in [0, 0.05) is 12.1 Å². The largest absolute Gasteiger partial charge is 0.497 e. The molecule has 5 nitrogen and oxygen atoms in total. The van der Waals surface area contributed by atoms with Gasteiger partial charge in [-0.25, -0.2) is 0 Å². The lowest BCUT2D eigenvalue weighted by atomic mass is 9.90. The molecule has 0 bridgehead atoms. The van der Waals surface area contributed by atoms with E-state index in [4.69, 9.17) is 4.74 Å². The number of ketones is 1. The van der Waals surface area contributed by atoms with Crippen molar-refractivity contribution in [3.05, 3.63) is 65.2 Å². The molecule has 0 unspecified atom stereocenters. The fourth-order valence-corrected chi connectivity index (χ4v) is 3.68. The second-order valence-corrected chi connectivity index (χ2v) is 6.58. The van der Waals surface area contributed by atoms with Gasteiger partial charge in [0.2, 0.25) is 0 Å². The third kappa shape index (κ3) is 2.90. The van der Waals surface area contributed by atoms with Crippen LogP contribution in [0.5, 0.6) is 5.75 Å². The van der Waals surface area contributed by atoms with Crippen molar-refractivity contribution in [3.8, 4) is 5.75 Å². The first kappa shape index (κ1) is 16.5. The maximum Gasteiger partial charge on any atom is 0.268 e. The van der Waals surface area contributed by atoms with Crippen LogP contribution in [0.15, 0.2) is 53.5 Å². The normalized spacial score (nSPS) is 18.7. The van der Waals surface area contributed by atoms with Crippen molar-refractivity contribution in [2.45, 2.75) is 18.9 Å². The zero-order chi connectivity index (χ0) is 18.1. The van der Waals surface area contributed by atoms with Crippen molar-refractivity contribution in [1.29, 1.82) is 0 Å². The number of rotatable bonds is 4. The molecule has 0 radical (unpaired) electrons. The van der Waals surface area contributed by atoms with E-state index in [9.17, 15) is 9.59 Å². The van der Waals surface area contributed by atoms with Crippen LogP contribution < -0.4 is 4.74 Å². The highest BCUT2D eigenvalue weighted by Crippen LogP contribution is 2.32. The molecule has 0 saturated heterocycles. The quantitative estimate of drug-likeness (QED) is 0.799. The molecule has 4 rings (SSSR count). The molecule has 26 heavy (non-hydrogen) atoms. The number of Topliss-reactive ketones (excluding diaryl/α,β-unsaturated/α-hetero) is 1. The number of benzene rings is 2. The molecule has 2 aliphatic rings. The summed E-state index contributed by atoms with van der Waals surface area (Å²) in [6, 6.07) is 15.1. The highest BCUT2D eigenvalue weighted by Gasteiger charge is 2.36. The second kappa shape index (κ2) is 6.75. The third-order valence-corrected chi connectivity index (χ3v) is 5.12. The van der Waals surface area contributed by atoms with Gasteiger partial charge in [0.25, 0.3) is 5.91 Å². The van der Waals surface area contributed by atoms with Gasteiger partial charge >= 0.3 is 0 Å². The molecule has 5 heteroatoms. The smallest absolute Gasteiger partial charge is 0.268 e. The molecule has 1 amide bonds. The molecule has 2 aromatic carbocycles. The standard InChI is InChI=1S/C21H20N2O3/c1-26-16-8-6-15(7-9-16)20(24)12-18-21(25)23-11-10-14-4-2-3-5-17(14)19(23)13-22-18/h2-9,19H,10-13H2,1H3/t19-/m1/s1. The SMILES string of the molecule is COc1ccc(C(=O)CC2=NC[C@@H]3c4ccccc4CCN3C2=O)cc1. The summed E-state index contributed by atoms with van der Waals surface area (Å²) in [5.41, 5.74) is 3.39. The summed E-state index contributed by atoms with van der Waals surface area (Å²) >= 11 is 0. The van der Waals surface area contributed by atoms with Crippen LogP contribution in [0.25, 0.3) is 0 Å². The van der Waals surface area contributed by atoms with Gasteiger partial charge in [0.05, 0.1) is 26.1 Å².